The van der Waals surface area contributed by atoms with E-state index in [1.807, 2.05) is 0 Å². The van der Waals surface area contributed by atoms with Gasteiger partial charge in [0.05, 0.1) is 12.5 Å². The third-order valence-electron chi connectivity index (χ3n) is 10.3. The van der Waals surface area contributed by atoms with Gasteiger partial charge in [-0.2, -0.15) is 12.7 Å². The van der Waals surface area contributed by atoms with E-state index in [4.69, 9.17) is 0 Å². The molecule has 0 unspecified atom stereocenters. The highest BCUT2D eigenvalue weighted by Gasteiger charge is 2.36. The number of nitrogens with one attached hydrogen (secondary N) is 1. The van der Waals surface area contributed by atoms with Crippen LogP contribution < -0.4 is 4.72 Å². The van der Waals surface area contributed by atoms with Crippen molar-refractivity contribution in [1.82, 2.24) is 22.5 Å². The van der Waals surface area contributed by atoms with Crippen LogP contribution in [0.5, 0.6) is 0 Å². The molecule has 4 saturated heterocycles. The second kappa shape index (κ2) is 19.2. The van der Waals surface area contributed by atoms with Gasteiger partial charge in [-0.15, -0.1) is 0 Å². The zero-order chi connectivity index (χ0) is 35.6. The molecule has 0 spiro atoms. The SMILES string of the molecule is CC(C)C1CCN(C)CC1.CC(C)C1CCN(S(C)(=O)=O)CC1.CC(C)C1CN(S(C)(=O)=O)C1.CNS(=O)(=O)N1CC(C(C)C)C1. The van der Waals surface area contributed by atoms with E-state index in [0.717, 1.165) is 37.8 Å². The Kier molecular flexibility index (Phi) is 18.2. The molecule has 0 aliphatic carbocycles. The van der Waals surface area contributed by atoms with Gasteiger partial charge in [-0.05, 0) is 93.2 Å². The summed E-state index contributed by atoms with van der Waals surface area (Å²) in [4.78, 5) is 2.43. The first kappa shape index (κ1) is 43.7. The van der Waals surface area contributed by atoms with Crippen molar-refractivity contribution < 1.29 is 25.3 Å². The molecule has 4 fully saturated rings. The van der Waals surface area contributed by atoms with Crippen LogP contribution in [0.3, 0.4) is 0 Å². The van der Waals surface area contributed by atoms with Crippen LogP contribution >= 0.6 is 0 Å². The van der Waals surface area contributed by atoms with Crippen LogP contribution in [0.15, 0.2) is 0 Å². The van der Waals surface area contributed by atoms with Gasteiger partial charge in [0, 0.05) is 46.3 Å². The van der Waals surface area contributed by atoms with Crippen molar-refractivity contribution in [3.63, 3.8) is 0 Å². The molecule has 0 radical (unpaired) electrons. The summed E-state index contributed by atoms with van der Waals surface area (Å²) < 4.78 is 73.4. The van der Waals surface area contributed by atoms with Crippen molar-refractivity contribution >= 4 is 30.3 Å². The lowest BCUT2D eigenvalue weighted by molar-refractivity contribution is 0.151. The molecule has 4 rings (SSSR count). The number of hydrogen-bond acceptors (Lipinski definition) is 7. The molecular formula is C32H69N5O6S3. The third-order valence-corrected chi connectivity index (χ3v) is 14.4. The Bertz CT molecular complexity index is 1180. The maximum atomic E-state index is 11.2. The van der Waals surface area contributed by atoms with E-state index in [1.54, 1.807) is 4.31 Å². The smallest absolute Gasteiger partial charge is 0.279 e. The summed E-state index contributed by atoms with van der Waals surface area (Å²) in [5, 5.41) is 0. The summed E-state index contributed by atoms with van der Waals surface area (Å²) in [6.45, 7) is 24.4. The minimum atomic E-state index is -3.14. The number of hydrogen-bond donors (Lipinski definition) is 1. The molecular weight excluding hydrogens is 647 g/mol. The largest absolute Gasteiger partial charge is 0.306 e. The Hall–Kier alpha value is -0.350. The first-order chi connectivity index (χ1) is 21.0. The van der Waals surface area contributed by atoms with Gasteiger partial charge in [-0.3, -0.25) is 0 Å². The Balaban J connectivity index is 0.000000308. The minimum Gasteiger partial charge on any atom is -0.306 e. The normalized spacial score (nSPS) is 22.4. The predicted octanol–water partition coefficient (Wildman–Crippen LogP) is 3.87. The van der Waals surface area contributed by atoms with Gasteiger partial charge in [0.1, 0.15) is 0 Å². The van der Waals surface area contributed by atoms with Crippen molar-refractivity contribution in [1.29, 1.82) is 0 Å². The van der Waals surface area contributed by atoms with Crippen LogP contribution in [0, 0.1) is 47.3 Å². The lowest BCUT2D eigenvalue weighted by Crippen LogP contribution is -2.54. The van der Waals surface area contributed by atoms with Crippen molar-refractivity contribution in [2.45, 2.75) is 81.1 Å². The van der Waals surface area contributed by atoms with Gasteiger partial charge < -0.3 is 4.90 Å². The minimum absolute atomic E-state index is 0.535. The third kappa shape index (κ3) is 15.0. The second-order valence-electron chi connectivity index (χ2n) is 15.2. The topological polar surface area (TPSA) is 127 Å². The van der Waals surface area contributed by atoms with E-state index in [2.05, 4.69) is 72.1 Å². The summed E-state index contributed by atoms with van der Waals surface area (Å²) in [6, 6.07) is 0. The lowest BCUT2D eigenvalue weighted by Gasteiger charge is -2.39. The average Bonchev–Trinajstić information content (AvgIpc) is 2.86. The molecule has 0 aromatic rings. The number of nitrogens with zero attached hydrogens (tertiary/aromatic N) is 4. The summed E-state index contributed by atoms with van der Waals surface area (Å²) in [6.07, 6.45) is 7.42. The molecule has 0 bridgehead atoms. The molecule has 4 aliphatic rings. The summed E-state index contributed by atoms with van der Waals surface area (Å²) in [7, 11) is -5.32. The zero-order valence-corrected chi connectivity index (χ0v) is 33.5. The molecule has 276 valence electrons. The summed E-state index contributed by atoms with van der Waals surface area (Å²) in [5.74, 6) is 5.57. The van der Waals surface area contributed by atoms with Gasteiger partial charge in [-0.25, -0.2) is 30.2 Å². The Labute approximate surface area is 284 Å². The molecule has 0 amide bonds. The Morgan fingerprint density at radius 2 is 0.804 bits per heavy atom. The fourth-order valence-electron chi connectivity index (χ4n) is 5.95. The number of piperidine rings is 2. The van der Waals surface area contributed by atoms with E-state index in [9.17, 15) is 25.3 Å². The molecule has 1 N–H and O–H groups in total. The van der Waals surface area contributed by atoms with Crippen LogP contribution in [-0.2, 0) is 30.3 Å². The van der Waals surface area contributed by atoms with Gasteiger partial charge in [-0.1, -0.05) is 55.4 Å². The quantitative estimate of drug-likeness (QED) is 0.405. The highest BCUT2D eigenvalue weighted by Crippen LogP contribution is 2.27. The van der Waals surface area contributed by atoms with Crippen LogP contribution in [0.2, 0.25) is 0 Å². The Morgan fingerprint density at radius 3 is 1.09 bits per heavy atom. The molecule has 0 aromatic heterocycles. The molecule has 11 nitrogen and oxygen atoms in total. The van der Waals surface area contributed by atoms with Gasteiger partial charge in [0.15, 0.2) is 0 Å². The maximum absolute atomic E-state index is 11.2. The summed E-state index contributed by atoms with van der Waals surface area (Å²) >= 11 is 0. The van der Waals surface area contributed by atoms with E-state index in [1.165, 1.54) is 54.1 Å². The predicted molar refractivity (Wildman–Crippen MR) is 192 cm³/mol. The standard InChI is InChI=1S/C9H19NO2S.C9H19N.C7H16N2O2S.C7H15NO2S/c1-8(2)9-4-6-10(7-5-9)13(3,11)12;1-8(2)9-4-6-10(3)7-5-9;1-6(2)7-4-9(5-7)12(10,11)8-3;1-6(2)7-4-8(5-7)11(3,9)10/h8-9H,4-7H2,1-3H3;8-9H,4-7H2,1-3H3;6-8H,4-5H2,1-3H3;6-7H,4-5H2,1-3H3. The molecule has 14 heteroatoms. The first-order valence-corrected chi connectivity index (χ1v) is 22.4. The lowest BCUT2D eigenvalue weighted by atomic mass is 9.87. The van der Waals surface area contributed by atoms with Crippen LogP contribution in [0.1, 0.15) is 81.1 Å². The van der Waals surface area contributed by atoms with Crippen molar-refractivity contribution in [2.24, 2.45) is 47.3 Å². The van der Waals surface area contributed by atoms with Gasteiger partial charge in [0.25, 0.3) is 10.2 Å². The van der Waals surface area contributed by atoms with Crippen LogP contribution in [0.25, 0.3) is 0 Å². The number of rotatable bonds is 8. The first-order valence-electron chi connectivity index (χ1n) is 17.3. The number of likely N-dealkylation sites (tertiary alicyclic amines) is 1. The molecule has 4 heterocycles. The average molecular weight is 716 g/mol. The van der Waals surface area contributed by atoms with Gasteiger partial charge in [0.2, 0.25) is 20.0 Å². The molecule has 46 heavy (non-hydrogen) atoms. The van der Waals surface area contributed by atoms with E-state index in [-0.39, 0.29) is 0 Å². The van der Waals surface area contributed by atoms with Crippen molar-refractivity contribution in [2.75, 3.05) is 79.0 Å². The Morgan fingerprint density at radius 1 is 0.500 bits per heavy atom. The van der Waals surface area contributed by atoms with E-state index >= 15 is 0 Å². The van der Waals surface area contributed by atoms with Crippen LogP contribution in [-0.4, -0.2) is 122 Å². The highest BCUT2D eigenvalue weighted by molar-refractivity contribution is 7.88. The van der Waals surface area contributed by atoms with Gasteiger partial charge >= 0.3 is 0 Å². The maximum Gasteiger partial charge on any atom is 0.279 e. The fourth-order valence-corrected chi connectivity index (χ4v) is 8.78. The zero-order valence-electron chi connectivity index (χ0n) is 31.1. The van der Waals surface area contributed by atoms with E-state index < -0.39 is 30.3 Å². The molecule has 0 atom stereocenters. The number of sulfonamides is 2. The second-order valence-corrected chi connectivity index (χ2v) is 21.1. The molecule has 4 aliphatic heterocycles. The highest BCUT2D eigenvalue weighted by atomic mass is 32.2. The van der Waals surface area contributed by atoms with Crippen LogP contribution in [0.4, 0.5) is 0 Å². The molecule has 0 aromatic carbocycles. The van der Waals surface area contributed by atoms with Crippen molar-refractivity contribution in [3.8, 4) is 0 Å². The molecule has 0 saturated carbocycles. The fraction of sp³-hybridized carbons (Fsp3) is 1.00. The monoisotopic (exact) mass is 715 g/mol. The van der Waals surface area contributed by atoms with E-state index in [0.29, 0.717) is 61.7 Å². The van der Waals surface area contributed by atoms with Crippen molar-refractivity contribution in [3.05, 3.63) is 0 Å². The summed E-state index contributed by atoms with van der Waals surface area (Å²) in [5.41, 5.74) is 0.